The Bertz CT molecular complexity index is 1440. The molecule has 0 bridgehead atoms. The van der Waals surface area contributed by atoms with Crippen LogP contribution in [-0.2, 0) is 16.4 Å². The zero-order chi connectivity index (χ0) is 25.7. The number of phenolic OH excluding ortho intramolecular Hbond substituents is 1. The molecule has 36 heavy (non-hydrogen) atoms. The van der Waals surface area contributed by atoms with Crippen molar-refractivity contribution in [3.8, 4) is 11.5 Å². The van der Waals surface area contributed by atoms with E-state index in [4.69, 9.17) is 4.74 Å². The van der Waals surface area contributed by atoms with Gasteiger partial charge in [0.1, 0.15) is 11.5 Å². The SMILES string of the molecule is COc1ccc([C@@H](Cc2ccccc2)NC[C@H](O)c2ccc(O)c(NS(C)(=O)=O)c2)c2ccccc12. The van der Waals surface area contributed by atoms with Crippen LogP contribution in [0, 0.1) is 0 Å². The average molecular weight is 507 g/mol. The van der Waals surface area contributed by atoms with Crippen LogP contribution in [0.4, 0.5) is 5.69 Å². The lowest BCUT2D eigenvalue weighted by Gasteiger charge is -2.24. The molecule has 188 valence electrons. The van der Waals surface area contributed by atoms with Crippen LogP contribution in [0.3, 0.4) is 0 Å². The highest BCUT2D eigenvalue weighted by atomic mass is 32.2. The van der Waals surface area contributed by atoms with E-state index in [0.717, 1.165) is 33.9 Å². The van der Waals surface area contributed by atoms with Crippen molar-refractivity contribution >= 4 is 26.5 Å². The monoisotopic (exact) mass is 506 g/mol. The van der Waals surface area contributed by atoms with Gasteiger partial charge >= 0.3 is 0 Å². The second-order valence-corrected chi connectivity index (χ2v) is 10.5. The first-order chi connectivity index (χ1) is 17.2. The average Bonchev–Trinajstić information content (AvgIpc) is 2.87. The van der Waals surface area contributed by atoms with Gasteiger partial charge in [-0.25, -0.2) is 8.42 Å². The highest BCUT2D eigenvalue weighted by Gasteiger charge is 2.19. The van der Waals surface area contributed by atoms with Crippen LogP contribution in [0.25, 0.3) is 10.8 Å². The summed E-state index contributed by atoms with van der Waals surface area (Å²) in [6.45, 7) is 0.209. The summed E-state index contributed by atoms with van der Waals surface area (Å²) in [7, 11) is -1.93. The number of nitrogens with one attached hydrogen (secondary N) is 2. The number of hydrogen-bond donors (Lipinski definition) is 4. The normalized spacial score (nSPS) is 13.3. The standard InChI is InChI=1S/C28H30N2O5S/c1-35-28-15-13-22(21-10-6-7-11-23(21)28)24(16-19-8-4-3-5-9-19)29-18-27(32)20-12-14-26(31)25(17-20)30-36(2,33)34/h3-15,17,24,27,29-32H,16,18H2,1-2H3/t24-,27+/m1/s1. The molecule has 4 N–H and O–H groups in total. The molecule has 2 atom stereocenters. The smallest absolute Gasteiger partial charge is 0.229 e. The molecule has 0 aliphatic heterocycles. The van der Waals surface area contributed by atoms with Crippen LogP contribution in [0.2, 0.25) is 0 Å². The Morgan fingerprint density at radius 3 is 2.31 bits per heavy atom. The topological polar surface area (TPSA) is 108 Å². The Morgan fingerprint density at radius 1 is 0.917 bits per heavy atom. The Kier molecular flexibility index (Phi) is 7.79. The maximum Gasteiger partial charge on any atom is 0.229 e. The number of phenols is 1. The van der Waals surface area contributed by atoms with Gasteiger partial charge in [0.15, 0.2) is 0 Å². The number of ether oxygens (including phenoxy) is 1. The Morgan fingerprint density at radius 2 is 1.61 bits per heavy atom. The van der Waals surface area contributed by atoms with E-state index in [9.17, 15) is 18.6 Å². The van der Waals surface area contributed by atoms with Gasteiger partial charge in [-0.15, -0.1) is 0 Å². The summed E-state index contributed by atoms with van der Waals surface area (Å²) >= 11 is 0. The van der Waals surface area contributed by atoms with Gasteiger partial charge < -0.3 is 20.3 Å². The molecule has 0 fully saturated rings. The first-order valence-electron chi connectivity index (χ1n) is 11.6. The highest BCUT2D eigenvalue weighted by molar-refractivity contribution is 7.92. The first kappa shape index (κ1) is 25.5. The molecule has 0 saturated heterocycles. The fourth-order valence-corrected chi connectivity index (χ4v) is 4.90. The minimum Gasteiger partial charge on any atom is -0.506 e. The maximum absolute atomic E-state index is 11.6. The number of methoxy groups -OCH3 is 1. The Hall–Kier alpha value is -3.59. The van der Waals surface area contributed by atoms with E-state index in [0.29, 0.717) is 12.0 Å². The zero-order valence-corrected chi connectivity index (χ0v) is 21.0. The molecule has 4 aromatic rings. The number of aliphatic hydroxyl groups is 1. The van der Waals surface area contributed by atoms with Gasteiger partial charge in [-0.2, -0.15) is 0 Å². The van der Waals surface area contributed by atoms with E-state index in [2.05, 4.69) is 28.2 Å². The number of sulfonamides is 1. The van der Waals surface area contributed by atoms with Gasteiger partial charge in [0.2, 0.25) is 10.0 Å². The van der Waals surface area contributed by atoms with Crippen molar-refractivity contribution in [1.82, 2.24) is 5.32 Å². The third-order valence-corrected chi connectivity index (χ3v) is 6.64. The summed E-state index contributed by atoms with van der Waals surface area (Å²) in [6, 6.07) is 26.4. The van der Waals surface area contributed by atoms with Gasteiger partial charge in [0, 0.05) is 18.0 Å². The summed E-state index contributed by atoms with van der Waals surface area (Å²) < 4.78 is 31.1. The number of hydrogen-bond acceptors (Lipinski definition) is 6. The van der Waals surface area contributed by atoms with Crippen molar-refractivity contribution in [3.05, 3.63) is 102 Å². The molecule has 7 nitrogen and oxygen atoms in total. The van der Waals surface area contributed by atoms with Crippen LogP contribution in [-0.4, -0.2) is 38.5 Å². The third-order valence-electron chi connectivity index (χ3n) is 6.05. The van der Waals surface area contributed by atoms with Crippen molar-refractivity contribution < 1.29 is 23.4 Å². The molecular formula is C28H30N2O5S. The minimum absolute atomic E-state index is 0.0241. The van der Waals surface area contributed by atoms with Gasteiger partial charge in [-0.05, 0) is 46.7 Å². The van der Waals surface area contributed by atoms with Crippen molar-refractivity contribution in [2.45, 2.75) is 18.6 Å². The van der Waals surface area contributed by atoms with Crippen molar-refractivity contribution in [3.63, 3.8) is 0 Å². The number of rotatable bonds is 10. The number of fused-ring (bicyclic) bond motifs is 1. The van der Waals surface area contributed by atoms with Crippen LogP contribution in [0.5, 0.6) is 11.5 Å². The van der Waals surface area contributed by atoms with Gasteiger partial charge in [-0.3, -0.25) is 4.72 Å². The molecule has 4 aromatic carbocycles. The molecule has 4 rings (SSSR count). The molecular weight excluding hydrogens is 476 g/mol. The van der Waals surface area contributed by atoms with E-state index >= 15 is 0 Å². The summed E-state index contributed by atoms with van der Waals surface area (Å²) in [5, 5.41) is 26.5. The van der Waals surface area contributed by atoms with Gasteiger partial charge in [0.05, 0.1) is 25.2 Å². The number of aliphatic hydroxyl groups excluding tert-OH is 1. The van der Waals surface area contributed by atoms with Gasteiger partial charge in [0.25, 0.3) is 0 Å². The van der Waals surface area contributed by atoms with Gasteiger partial charge in [-0.1, -0.05) is 66.7 Å². The molecule has 0 aliphatic rings. The third kappa shape index (κ3) is 6.15. The first-order valence-corrected chi connectivity index (χ1v) is 13.5. The zero-order valence-electron chi connectivity index (χ0n) is 20.2. The van der Waals surface area contributed by atoms with E-state index in [-0.39, 0.29) is 24.0 Å². The van der Waals surface area contributed by atoms with Crippen molar-refractivity contribution in [1.29, 1.82) is 0 Å². The molecule has 0 unspecified atom stereocenters. The molecule has 0 aromatic heterocycles. The quantitative estimate of drug-likeness (QED) is 0.235. The van der Waals surface area contributed by atoms with Crippen molar-refractivity contribution in [2.24, 2.45) is 0 Å². The predicted octanol–water partition coefficient (Wildman–Crippen LogP) is 4.53. The molecule has 0 radical (unpaired) electrons. The molecule has 0 aliphatic carbocycles. The Balaban J connectivity index is 1.63. The number of benzene rings is 4. The maximum atomic E-state index is 11.6. The molecule has 0 heterocycles. The second kappa shape index (κ2) is 11.0. The second-order valence-electron chi connectivity index (χ2n) is 8.72. The van der Waals surface area contributed by atoms with Crippen molar-refractivity contribution in [2.75, 3.05) is 24.6 Å². The molecule has 8 heteroatoms. The van der Waals surface area contributed by atoms with Crippen LogP contribution in [0.1, 0.15) is 28.8 Å². The summed E-state index contributed by atoms with van der Waals surface area (Å²) in [5.41, 5.74) is 2.72. The van der Waals surface area contributed by atoms with Crippen LogP contribution in [0.15, 0.2) is 84.9 Å². The lowest BCUT2D eigenvalue weighted by atomic mass is 9.93. The molecule has 0 amide bonds. The molecule has 0 saturated carbocycles. The summed E-state index contributed by atoms with van der Waals surface area (Å²) in [6.07, 6.45) is 0.763. The lowest BCUT2D eigenvalue weighted by molar-refractivity contribution is 0.169. The van der Waals surface area contributed by atoms with E-state index < -0.39 is 16.1 Å². The lowest BCUT2D eigenvalue weighted by Crippen LogP contribution is -2.28. The molecule has 0 spiro atoms. The minimum atomic E-state index is -3.58. The fourth-order valence-electron chi connectivity index (χ4n) is 4.33. The summed E-state index contributed by atoms with van der Waals surface area (Å²) in [4.78, 5) is 0. The van der Waals surface area contributed by atoms with Crippen LogP contribution < -0.4 is 14.8 Å². The highest BCUT2D eigenvalue weighted by Crippen LogP contribution is 2.33. The number of anilines is 1. The van der Waals surface area contributed by atoms with E-state index in [1.807, 2.05) is 48.5 Å². The fraction of sp³-hybridized carbons (Fsp3) is 0.214. The number of aromatic hydroxyl groups is 1. The summed E-state index contributed by atoms with van der Waals surface area (Å²) in [5.74, 6) is 0.582. The largest absolute Gasteiger partial charge is 0.506 e. The van der Waals surface area contributed by atoms with E-state index in [1.54, 1.807) is 13.2 Å². The predicted molar refractivity (Wildman–Crippen MR) is 143 cm³/mol. The Labute approximate surface area is 211 Å². The van der Waals surface area contributed by atoms with Crippen LogP contribution >= 0.6 is 0 Å². The van der Waals surface area contributed by atoms with E-state index in [1.165, 1.54) is 12.1 Å².